The minimum atomic E-state index is 0.480. The Kier molecular flexibility index (Phi) is 9.41. The smallest absolute Gasteiger partial charge is 0.229 e. The van der Waals surface area contributed by atoms with Gasteiger partial charge in [0, 0.05) is 81.6 Å². The molecular weight excluding hydrogens is 570 g/mol. The fourth-order valence-corrected chi connectivity index (χ4v) is 5.92. The zero-order valence-electron chi connectivity index (χ0n) is 23.9. The molecule has 0 amide bonds. The maximum Gasteiger partial charge on any atom is 0.229 e. The van der Waals surface area contributed by atoms with Crippen molar-refractivity contribution in [2.75, 3.05) is 76.1 Å². The maximum absolute atomic E-state index is 5.83. The number of methoxy groups -OCH3 is 2. The Hall–Kier alpha value is -2.92. The molecule has 3 heterocycles. The monoisotopic (exact) mass is 609 g/mol. The Morgan fingerprint density at radius 1 is 0.975 bits per heavy atom. The summed E-state index contributed by atoms with van der Waals surface area (Å²) in [5, 5.41) is 6.79. The number of nitrogens with one attached hydrogen (secondary N) is 2. The molecule has 0 atom stereocenters. The number of piperazine rings is 1. The van der Waals surface area contributed by atoms with Crippen LogP contribution in [0.25, 0.3) is 0 Å². The minimum Gasteiger partial charge on any atom is -0.494 e. The lowest BCUT2D eigenvalue weighted by Crippen LogP contribution is -2.52. The van der Waals surface area contributed by atoms with E-state index >= 15 is 0 Å². The van der Waals surface area contributed by atoms with Gasteiger partial charge < -0.3 is 29.9 Å². The summed E-state index contributed by atoms with van der Waals surface area (Å²) in [5.41, 5.74) is 5.25. The molecular formula is C30H40BrN7O2. The van der Waals surface area contributed by atoms with Crippen molar-refractivity contribution in [2.24, 2.45) is 0 Å². The van der Waals surface area contributed by atoms with Crippen molar-refractivity contribution in [1.82, 2.24) is 19.8 Å². The quantitative estimate of drug-likeness (QED) is 0.331. The van der Waals surface area contributed by atoms with Crippen molar-refractivity contribution in [3.63, 3.8) is 0 Å². The summed E-state index contributed by atoms with van der Waals surface area (Å²) in [6.07, 6.45) is 4.14. The van der Waals surface area contributed by atoms with Crippen molar-refractivity contribution in [2.45, 2.75) is 32.4 Å². The van der Waals surface area contributed by atoms with Crippen LogP contribution >= 0.6 is 15.9 Å². The lowest BCUT2D eigenvalue weighted by molar-refractivity contribution is 0.0982. The average molecular weight is 611 g/mol. The predicted octanol–water partition coefficient (Wildman–Crippen LogP) is 5.41. The van der Waals surface area contributed by atoms with Gasteiger partial charge in [0.15, 0.2) is 0 Å². The van der Waals surface area contributed by atoms with E-state index in [4.69, 9.17) is 14.5 Å². The highest BCUT2D eigenvalue weighted by atomic mass is 79.9. The molecule has 9 nitrogen and oxygen atoms in total. The van der Waals surface area contributed by atoms with Gasteiger partial charge in [-0.15, -0.1) is 0 Å². The molecule has 40 heavy (non-hydrogen) atoms. The molecule has 2 aromatic carbocycles. The number of hydrogen-bond acceptors (Lipinski definition) is 9. The SMILES string of the molecule is COCc1ccccc1Nc1nc(Nc2cc(C)c(N3CCC(N4CCN(C)CC4)CC3)cc2OC)ncc1Br. The van der Waals surface area contributed by atoms with E-state index in [-0.39, 0.29) is 0 Å². The Bertz CT molecular complexity index is 1290. The molecule has 214 valence electrons. The van der Waals surface area contributed by atoms with Gasteiger partial charge in [0.05, 0.1) is 23.9 Å². The molecule has 2 saturated heterocycles. The largest absolute Gasteiger partial charge is 0.494 e. The lowest BCUT2D eigenvalue weighted by atomic mass is 10.0. The number of aryl methyl sites for hydroxylation is 1. The summed E-state index contributed by atoms with van der Waals surface area (Å²) in [7, 11) is 5.62. The van der Waals surface area contributed by atoms with Gasteiger partial charge >= 0.3 is 0 Å². The van der Waals surface area contributed by atoms with E-state index in [0.717, 1.165) is 40.2 Å². The number of para-hydroxylation sites is 1. The maximum atomic E-state index is 5.83. The Morgan fingerprint density at radius 2 is 1.73 bits per heavy atom. The van der Waals surface area contributed by atoms with Crippen LogP contribution in [0.15, 0.2) is 47.1 Å². The molecule has 2 aliphatic rings. The second-order valence-corrected chi connectivity index (χ2v) is 11.5. The molecule has 0 spiro atoms. The molecule has 2 fully saturated rings. The zero-order valence-corrected chi connectivity index (χ0v) is 25.5. The number of ether oxygens (including phenoxy) is 2. The van der Waals surface area contributed by atoms with E-state index < -0.39 is 0 Å². The third kappa shape index (κ3) is 6.68. The Labute approximate surface area is 246 Å². The van der Waals surface area contributed by atoms with Crippen molar-refractivity contribution >= 4 is 44.8 Å². The van der Waals surface area contributed by atoms with Gasteiger partial charge in [-0.2, -0.15) is 4.98 Å². The number of aromatic nitrogens is 2. The number of benzene rings is 2. The molecule has 0 radical (unpaired) electrons. The molecule has 2 N–H and O–H groups in total. The van der Waals surface area contributed by atoms with Crippen LogP contribution in [0.5, 0.6) is 5.75 Å². The highest BCUT2D eigenvalue weighted by molar-refractivity contribution is 9.10. The first-order chi connectivity index (χ1) is 19.4. The third-order valence-electron chi connectivity index (χ3n) is 7.94. The van der Waals surface area contributed by atoms with Gasteiger partial charge in [0.25, 0.3) is 0 Å². The zero-order chi connectivity index (χ0) is 28.1. The summed E-state index contributed by atoms with van der Waals surface area (Å²) in [6.45, 7) is 9.50. The third-order valence-corrected chi connectivity index (χ3v) is 8.52. The van der Waals surface area contributed by atoms with Crippen LogP contribution in [-0.4, -0.2) is 86.3 Å². The van der Waals surface area contributed by atoms with Crippen molar-refractivity contribution in [1.29, 1.82) is 0 Å². The van der Waals surface area contributed by atoms with Gasteiger partial charge in [0.1, 0.15) is 11.6 Å². The second-order valence-electron chi connectivity index (χ2n) is 10.6. The Balaban J connectivity index is 1.29. The topological polar surface area (TPSA) is 78.0 Å². The van der Waals surface area contributed by atoms with Crippen LogP contribution < -0.4 is 20.3 Å². The van der Waals surface area contributed by atoms with Gasteiger partial charge in [-0.05, 0) is 60.4 Å². The summed E-state index contributed by atoms with van der Waals surface area (Å²) in [4.78, 5) is 16.9. The molecule has 0 aliphatic carbocycles. The second kappa shape index (κ2) is 13.2. The fourth-order valence-electron chi connectivity index (χ4n) is 5.63. The molecule has 3 aromatic rings. The van der Waals surface area contributed by atoms with E-state index in [2.05, 4.69) is 72.4 Å². The predicted molar refractivity (Wildman–Crippen MR) is 165 cm³/mol. The van der Waals surface area contributed by atoms with Crippen LogP contribution in [0.3, 0.4) is 0 Å². The number of nitrogens with zero attached hydrogens (tertiary/aromatic N) is 5. The van der Waals surface area contributed by atoms with Crippen LogP contribution in [-0.2, 0) is 11.3 Å². The van der Waals surface area contributed by atoms with E-state index in [0.29, 0.717) is 24.4 Å². The number of rotatable bonds is 9. The van der Waals surface area contributed by atoms with E-state index in [9.17, 15) is 0 Å². The van der Waals surface area contributed by atoms with Crippen LogP contribution in [0, 0.1) is 6.92 Å². The van der Waals surface area contributed by atoms with E-state index in [1.807, 2.05) is 24.3 Å². The first-order valence-corrected chi connectivity index (χ1v) is 14.7. The summed E-state index contributed by atoms with van der Waals surface area (Å²) in [5.74, 6) is 1.92. The highest BCUT2D eigenvalue weighted by Crippen LogP contribution is 2.36. The van der Waals surface area contributed by atoms with Crippen molar-refractivity contribution < 1.29 is 9.47 Å². The molecule has 2 aliphatic heterocycles. The normalized spacial score (nSPS) is 17.2. The summed E-state index contributed by atoms with van der Waals surface area (Å²) >= 11 is 3.58. The molecule has 1 aromatic heterocycles. The van der Waals surface area contributed by atoms with Crippen molar-refractivity contribution in [3.05, 3.63) is 58.2 Å². The molecule has 10 heteroatoms. The van der Waals surface area contributed by atoms with E-state index in [1.54, 1.807) is 20.4 Å². The Morgan fingerprint density at radius 3 is 2.45 bits per heavy atom. The summed E-state index contributed by atoms with van der Waals surface area (Å²) < 4.78 is 11.9. The number of likely N-dealkylation sites (N-methyl/N-ethyl adjacent to an activating group) is 1. The van der Waals surface area contributed by atoms with Crippen LogP contribution in [0.2, 0.25) is 0 Å². The number of anilines is 5. The van der Waals surface area contributed by atoms with Crippen LogP contribution in [0.1, 0.15) is 24.0 Å². The molecule has 0 saturated carbocycles. The first kappa shape index (κ1) is 28.6. The first-order valence-electron chi connectivity index (χ1n) is 13.9. The van der Waals surface area contributed by atoms with Gasteiger partial charge in [-0.3, -0.25) is 4.90 Å². The fraction of sp³-hybridized carbons (Fsp3) is 0.467. The lowest BCUT2D eigenvalue weighted by Gasteiger charge is -2.43. The molecule has 0 unspecified atom stereocenters. The number of halogens is 1. The molecule has 5 rings (SSSR count). The standard InChI is InChI=1S/C30H40BrN7O2/c1-21-17-26(34-30-32-19-24(31)29(35-30)33-25-8-6-5-7-22(25)20-39-3)28(40-4)18-27(21)38-11-9-23(10-12-38)37-15-13-36(2)14-16-37/h5-8,17-19,23H,9-16,20H2,1-4H3,(H2,32,33,34,35). The highest BCUT2D eigenvalue weighted by Gasteiger charge is 2.27. The minimum absolute atomic E-state index is 0.480. The average Bonchev–Trinajstić information content (AvgIpc) is 2.97. The van der Waals surface area contributed by atoms with Gasteiger partial charge in [0.2, 0.25) is 5.95 Å². The molecule has 0 bridgehead atoms. The van der Waals surface area contributed by atoms with Gasteiger partial charge in [-0.1, -0.05) is 18.2 Å². The van der Waals surface area contributed by atoms with Crippen LogP contribution in [0.4, 0.5) is 28.8 Å². The number of piperidine rings is 1. The van der Waals surface area contributed by atoms with Crippen molar-refractivity contribution in [3.8, 4) is 5.75 Å². The summed E-state index contributed by atoms with van der Waals surface area (Å²) in [6, 6.07) is 13.0. The van der Waals surface area contributed by atoms with Gasteiger partial charge in [-0.25, -0.2) is 4.98 Å². The number of hydrogen-bond donors (Lipinski definition) is 2. The van der Waals surface area contributed by atoms with E-state index in [1.165, 1.54) is 50.3 Å².